The molecule has 4 nitrogen and oxygen atoms in total. The molecule has 142 valence electrons. The number of hydrogen-bond acceptors (Lipinski definition) is 2. The molecule has 0 spiro atoms. The lowest BCUT2D eigenvalue weighted by molar-refractivity contribution is 0.0943. The molecule has 0 unspecified atom stereocenters. The zero-order chi connectivity index (χ0) is 19.9. The van der Waals surface area contributed by atoms with Crippen molar-refractivity contribution in [2.45, 2.75) is 26.4 Å². The van der Waals surface area contributed by atoms with Gasteiger partial charge < -0.3 is 10.2 Å². The van der Waals surface area contributed by atoms with E-state index in [4.69, 9.17) is 0 Å². The molecule has 3 aromatic carbocycles. The van der Waals surface area contributed by atoms with Crippen molar-refractivity contribution in [2.24, 2.45) is 0 Å². The van der Waals surface area contributed by atoms with Crippen molar-refractivity contribution in [3.63, 3.8) is 0 Å². The van der Waals surface area contributed by atoms with E-state index in [1.54, 1.807) is 29.2 Å². The Morgan fingerprint density at radius 2 is 1.43 bits per heavy atom. The summed E-state index contributed by atoms with van der Waals surface area (Å²) >= 11 is 0. The van der Waals surface area contributed by atoms with Crippen LogP contribution in [-0.4, -0.2) is 17.9 Å². The fourth-order valence-corrected chi connectivity index (χ4v) is 2.95. The van der Waals surface area contributed by atoms with Gasteiger partial charge in [0.05, 0.1) is 6.54 Å². The third-order valence-electron chi connectivity index (χ3n) is 4.29. The van der Waals surface area contributed by atoms with Crippen molar-refractivity contribution in [1.29, 1.82) is 0 Å². The number of hydrogen-bond donors (Lipinski definition) is 1. The molecule has 0 aliphatic carbocycles. The lowest BCUT2D eigenvalue weighted by Crippen LogP contribution is -2.32. The molecule has 0 aromatic heterocycles. The number of para-hydroxylation sites is 1. The molecular formula is C24H24N2O2. The summed E-state index contributed by atoms with van der Waals surface area (Å²) in [6.07, 6.45) is 0. The quantitative estimate of drug-likeness (QED) is 0.683. The van der Waals surface area contributed by atoms with Crippen molar-refractivity contribution in [3.8, 4) is 0 Å². The Bertz CT molecular complexity index is 937. The van der Waals surface area contributed by atoms with E-state index in [-0.39, 0.29) is 17.9 Å². The van der Waals surface area contributed by atoms with Gasteiger partial charge in [-0.1, -0.05) is 54.6 Å². The summed E-state index contributed by atoms with van der Waals surface area (Å²) in [5.41, 5.74) is 2.81. The van der Waals surface area contributed by atoms with E-state index in [2.05, 4.69) is 5.32 Å². The fourth-order valence-electron chi connectivity index (χ4n) is 2.95. The van der Waals surface area contributed by atoms with Crippen molar-refractivity contribution >= 4 is 17.5 Å². The molecule has 28 heavy (non-hydrogen) atoms. The van der Waals surface area contributed by atoms with Crippen molar-refractivity contribution < 1.29 is 9.59 Å². The van der Waals surface area contributed by atoms with Crippen LogP contribution in [0, 0.1) is 0 Å². The molecular weight excluding hydrogens is 348 g/mol. The van der Waals surface area contributed by atoms with E-state index in [0.29, 0.717) is 17.7 Å². The Labute approximate surface area is 165 Å². The second-order valence-electron chi connectivity index (χ2n) is 6.92. The summed E-state index contributed by atoms with van der Waals surface area (Å²) in [4.78, 5) is 27.4. The predicted octanol–water partition coefficient (Wildman–Crippen LogP) is 4.67. The number of nitrogens with zero attached hydrogens (tertiary/aromatic N) is 1. The Hall–Kier alpha value is -3.40. The van der Waals surface area contributed by atoms with E-state index >= 15 is 0 Å². The van der Waals surface area contributed by atoms with E-state index in [1.807, 2.05) is 74.5 Å². The van der Waals surface area contributed by atoms with Gasteiger partial charge in [-0.15, -0.1) is 0 Å². The van der Waals surface area contributed by atoms with Gasteiger partial charge in [0, 0.05) is 22.9 Å². The van der Waals surface area contributed by atoms with Crippen molar-refractivity contribution in [3.05, 3.63) is 102 Å². The smallest absolute Gasteiger partial charge is 0.258 e. The average Bonchev–Trinajstić information content (AvgIpc) is 2.72. The largest absolute Gasteiger partial charge is 0.350 e. The summed E-state index contributed by atoms with van der Waals surface area (Å²) < 4.78 is 0. The zero-order valence-corrected chi connectivity index (χ0v) is 16.1. The first kappa shape index (κ1) is 19.4. The number of benzene rings is 3. The molecule has 2 amide bonds. The maximum absolute atomic E-state index is 13.3. The van der Waals surface area contributed by atoms with Crippen molar-refractivity contribution in [1.82, 2.24) is 5.32 Å². The summed E-state index contributed by atoms with van der Waals surface area (Å²) in [6.45, 7) is 4.26. The summed E-state index contributed by atoms with van der Waals surface area (Å²) in [6, 6.07) is 26.3. The number of anilines is 1. The first-order valence-corrected chi connectivity index (χ1v) is 9.36. The Morgan fingerprint density at radius 3 is 2.07 bits per heavy atom. The third kappa shape index (κ3) is 4.86. The molecule has 0 heterocycles. The number of nitrogens with one attached hydrogen (secondary N) is 1. The number of rotatable bonds is 6. The highest BCUT2D eigenvalue weighted by molar-refractivity contribution is 6.07. The fraction of sp³-hybridized carbons (Fsp3) is 0.167. The van der Waals surface area contributed by atoms with Crippen molar-refractivity contribution in [2.75, 3.05) is 4.90 Å². The number of amides is 2. The molecule has 0 fully saturated rings. The van der Waals surface area contributed by atoms with Gasteiger partial charge in [0.1, 0.15) is 0 Å². The third-order valence-corrected chi connectivity index (χ3v) is 4.29. The number of carbonyl (C=O) groups is 2. The Morgan fingerprint density at radius 1 is 0.821 bits per heavy atom. The minimum absolute atomic E-state index is 0.0331. The highest BCUT2D eigenvalue weighted by Gasteiger charge is 2.19. The molecule has 0 aliphatic heterocycles. The molecule has 3 aromatic rings. The zero-order valence-electron chi connectivity index (χ0n) is 16.1. The lowest BCUT2D eigenvalue weighted by Gasteiger charge is -2.23. The predicted molar refractivity (Wildman–Crippen MR) is 112 cm³/mol. The van der Waals surface area contributed by atoms with Crippen LogP contribution in [-0.2, 0) is 6.54 Å². The molecule has 3 rings (SSSR count). The summed E-state index contributed by atoms with van der Waals surface area (Å²) in [5, 5.41) is 2.86. The maximum Gasteiger partial charge on any atom is 0.258 e. The highest BCUT2D eigenvalue weighted by Crippen LogP contribution is 2.20. The standard InChI is InChI=1S/C24H24N2O2/c1-18(2)25-23(27)20-12-9-13-21(16-20)24(28)26(22-14-7-4-8-15-22)17-19-10-5-3-6-11-19/h3-16,18H,17H2,1-2H3,(H,25,27). The minimum Gasteiger partial charge on any atom is -0.350 e. The Balaban J connectivity index is 1.92. The second kappa shape index (κ2) is 9.00. The van der Waals surface area contributed by atoms with Gasteiger partial charge in [-0.3, -0.25) is 9.59 Å². The molecule has 0 radical (unpaired) electrons. The van der Waals surface area contributed by atoms with E-state index in [0.717, 1.165) is 11.3 Å². The first-order chi connectivity index (χ1) is 13.5. The van der Waals surface area contributed by atoms with E-state index in [9.17, 15) is 9.59 Å². The van der Waals surface area contributed by atoms with Crippen LogP contribution in [0.15, 0.2) is 84.9 Å². The highest BCUT2D eigenvalue weighted by atomic mass is 16.2. The SMILES string of the molecule is CC(C)NC(=O)c1cccc(C(=O)N(Cc2ccccc2)c2ccccc2)c1. The van der Waals surface area contributed by atoms with Crippen LogP contribution in [0.25, 0.3) is 0 Å². The first-order valence-electron chi connectivity index (χ1n) is 9.36. The van der Waals surface area contributed by atoms with Gasteiger partial charge in [0.2, 0.25) is 0 Å². The Kier molecular flexibility index (Phi) is 6.22. The molecule has 0 saturated heterocycles. The maximum atomic E-state index is 13.3. The average molecular weight is 372 g/mol. The molecule has 0 aliphatic rings. The summed E-state index contributed by atoms with van der Waals surface area (Å²) in [7, 11) is 0. The van der Waals surface area contributed by atoms with Crippen LogP contribution in [0.3, 0.4) is 0 Å². The van der Waals surface area contributed by atoms with Crippen LogP contribution in [0.2, 0.25) is 0 Å². The van der Waals surface area contributed by atoms with Gasteiger partial charge >= 0.3 is 0 Å². The lowest BCUT2D eigenvalue weighted by atomic mass is 10.1. The van der Waals surface area contributed by atoms with Crippen LogP contribution >= 0.6 is 0 Å². The monoisotopic (exact) mass is 372 g/mol. The van der Waals surface area contributed by atoms with Gasteiger partial charge in [-0.05, 0) is 49.7 Å². The van der Waals surface area contributed by atoms with Gasteiger partial charge in [-0.25, -0.2) is 0 Å². The van der Waals surface area contributed by atoms with Gasteiger partial charge in [0.25, 0.3) is 11.8 Å². The van der Waals surface area contributed by atoms with E-state index < -0.39 is 0 Å². The molecule has 0 bridgehead atoms. The van der Waals surface area contributed by atoms with Crippen LogP contribution in [0.1, 0.15) is 40.1 Å². The van der Waals surface area contributed by atoms with Crippen LogP contribution in [0.5, 0.6) is 0 Å². The minimum atomic E-state index is -0.182. The molecule has 0 saturated carbocycles. The molecule has 0 atom stereocenters. The summed E-state index contributed by atoms with van der Waals surface area (Å²) in [5.74, 6) is -0.326. The van der Waals surface area contributed by atoms with Gasteiger partial charge in [0.15, 0.2) is 0 Å². The van der Waals surface area contributed by atoms with Crippen LogP contribution in [0.4, 0.5) is 5.69 Å². The van der Waals surface area contributed by atoms with Crippen LogP contribution < -0.4 is 10.2 Å². The molecule has 4 heteroatoms. The normalized spacial score (nSPS) is 10.5. The number of carbonyl (C=O) groups excluding carboxylic acids is 2. The topological polar surface area (TPSA) is 49.4 Å². The molecule has 1 N–H and O–H groups in total. The van der Waals surface area contributed by atoms with Gasteiger partial charge in [-0.2, -0.15) is 0 Å². The van der Waals surface area contributed by atoms with E-state index in [1.165, 1.54) is 0 Å². The second-order valence-corrected chi connectivity index (χ2v) is 6.92.